The molecule has 1 aliphatic rings. The molecule has 0 aliphatic heterocycles. The van der Waals surface area contributed by atoms with Gasteiger partial charge in [0.2, 0.25) is 0 Å². The van der Waals surface area contributed by atoms with E-state index in [0.717, 1.165) is 24.4 Å². The minimum absolute atomic E-state index is 0.157. The van der Waals surface area contributed by atoms with Gasteiger partial charge < -0.3 is 14.3 Å². The first-order chi connectivity index (χ1) is 10.8. The van der Waals surface area contributed by atoms with Gasteiger partial charge in [0.15, 0.2) is 0 Å². The summed E-state index contributed by atoms with van der Waals surface area (Å²) in [7, 11) is 1.66. The molecule has 3 rings (SSSR count). The average molecular weight is 301 g/mol. The Hall–Kier alpha value is -1.62. The van der Waals surface area contributed by atoms with Crippen molar-refractivity contribution in [2.75, 3.05) is 20.3 Å². The summed E-state index contributed by atoms with van der Waals surface area (Å²) in [6.07, 6.45) is 2.21. The van der Waals surface area contributed by atoms with E-state index >= 15 is 0 Å². The molecule has 0 fully saturated rings. The third-order valence-electron chi connectivity index (χ3n) is 4.29. The number of nitrogens with zero attached hydrogens (tertiary/aromatic N) is 1. The maximum Gasteiger partial charge on any atom is 0.129 e. The number of aliphatic hydroxyl groups is 1. The fraction of sp³-hybridized carbons (Fsp3) is 0.444. The minimum atomic E-state index is 0.157. The monoisotopic (exact) mass is 301 g/mol. The van der Waals surface area contributed by atoms with E-state index in [9.17, 15) is 5.11 Å². The van der Waals surface area contributed by atoms with Crippen molar-refractivity contribution in [3.05, 3.63) is 59.0 Å². The molecule has 1 N–H and O–H groups in total. The third kappa shape index (κ3) is 3.24. The van der Waals surface area contributed by atoms with E-state index < -0.39 is 0 Å². The second-order valence-corrected chi connectivity index (χ2v) is 5.75. The van der Waals surface area contributed by atoms with E-state index in [2.05, 4.69) is 29.2 Å². The Balaban J connectivity index is 1.75. The molecule has 1 aromatic carbocycles. The molecule has 0 spiro atoms. The van der Waals surface area contributed by atoms with Crippen molar-refractivity contribution in [2.45, 2.75) is 32.0 Å². The van der Waals surface area contributed by atoms with Crippen LogP contribution >= 0.6 is 0 Å². The zero-order valence-electron chi connectivity index (χ0n) is 13.0. The minimum Gasteiger partial charge on any atom is -0.462 e. The highest BCUT2D eigenvalue weighted by Crippen LogP contribution is 2.36. The highest BCUT2D eigenvalue weighted by Gasteiger charge is 2.27. The second-order valence-electron chi connectivity index (χ2n) is 5.75. The van der Waals surface area contributed by atoms with Crippen LogP contribution in [-0.2, 0) is 24.3 Å². The van der Waals surface area contributed by atoms with Crippen LogP contribution in [-0.4, -0.2) is 30.3 Å². The van der Waals surface area contributed by atoms with Crippen molar-refractivity contribution < 1.29 is 14.3 Å². The molecule has 0 saturated carbocycles. The maximum absolute atomic E-state index is 9.42. The Bertz CT molecular complexity index is 608. The Morgan fingerprint density at radius 1 is 1.23 bits per heavy atom. The summed E-state index contributed by atoms with van der Waals surface area (Å²) < 4.78 is 10.9. The lowest BCUT2D eigenvalue weighted by atomic mass is 10.1. The molecule has 1 aliphatic carbocycles. The molecule has 0 amide bonds. The lowest BCUT2D eigenvalue weighted by molar-refractivity contribution is 0.128. The highest BCUT2D eigenvalue weighted by atomic mass is 16.5. The first-order valence-corrected chi connectivity index (χ1v) is 7.81. The van der Waals surface area contributed by atoms with Crippen molar-refractivity contribution in [3.63, 3.8) is 0 Å². The standard InChI is InChI=1S/C18H23NO3/c1-21-13-16-8-7-15(22-16)12-19(10-11-20)18-9-6-14-4-2-3-5-17(14)18/h2-5,7-8,18,20H,6,9-13H2,1H3. The Labute approximate surface area is 131 Å². The van der Waals surface area contributed by atoms with Crippen LogP contribution in [0.15, 0.2) is 40.8 Å². The molecule has 1 unspecified atom stereocenters. The molecule has 0 radical (unpaired) electrons. The van der Waals surface area contributed by atoms with E-state index in [1.807, 2.05) is 12.1 Å². The van der Waals surface area contributed by atoms with Crippen LogP contribution in [0.25, 0.3) is 0 Å². The summed E-state index contributed by atoms with van der Waals surface area (Å²) in [5, 5.41) is 9.42. The van der Waals surface area contributed by atoms with Gasteiger partial charge in [0, 0.05) is 19.7 Å². The van der Waals surface area contributed by atoms with Gasteiger partial charge in [-0.25, -0.2) is 0 Å². The first kappa shape index (κ1) is 15.3. The van der Waals surface area contributed by atoms with Gasteiger partial charge in [0.25, 0.3) is 0 Å². The molecule has 0 bridgehead atoms. The molecule has 1 aromatic heterocycles. The predicted molar refractivity (Wildman–Crippen MR) is 84.4 cm³/mol. The zero-order valence-corrected chi connectivity index (χ0v) is 13.0. The van der Waals surface area contributed by atoms with Crippen molar-refractivity contribution in [2.24, 2.45) is 0 Å². The molecular weight excluding hydrogens is 278 g/mol. The van der Waals surface area contributed by atoms with Gasteiger partial charge in [-0.2, -0.15) is 0 Å². The lowest BCUT2D eigenvalue weighted by Crippen LogP contribution is -2.29. The van der Waals surface area contributed by atoms with Crippen LogP contribution in [0, 0.1) is 0 Å². The van der Waals surface area contributed by atoms with Gasteiger partial charge in [0.1, 0.15) is 18.1 Å². The fourth-order valence-corrected chi connectivity index (χ4v) is 3.31. The van der Waals surface area contributed by atoms with Gasteiger partial charge in [-0.05, 0) is 36.1 Å². The number of benzene rings is 1. The molecule has 1 atom stereocenters. The number of hydrogen-bond donors (Lipinski definition) is 1. The summed E-state index contributed by atoms with van der Waals surface area (Å²) in [5.41, 5.74) is 2.81. The van der Waals surface area contributed by atoms with Crippen LogP contribution in [0.3, 0.4) is 0 Å². The number of rotatable bonds is 7. The molecule has 2 aromatic rings. The molecule has 118 valence electrons. The first-order valence-electron chi connectivity index (χ1n) is 7.81. The van der Waals surface area contributed by atoms with E-state index in [4.69, 9.17) is 9.15 Å². The van der Waals surface area contributed by atoms with Gasteiger partial charge in [0.05, 0.1) is 13.2 Å². The number of ether oxygens (including phenoxy) is 1. The quantitative estimate of drug-likeness (QED) is 0.854. The van der Waals surface area contributed by atoms with Crippen LogP contribution in [0.1, 0.15) is 35.1 Å². The Morgan fingerprint density at radius 2 is 2.05 bits per heavy atom. The van der Waals surface area contributed by atoms with E-state index in [1.54, 1.807) is 7.11 Å². The molecule has 1 heterocycles. The maximum atomic E-state index is 9.42. The number of aryl methyl sites for hydroxylation is 1. The van der Waals surface area contributed by atoms with Gasteiger partial charge in [-0.3, -0.25) is 4.90 Å². The normalized spacial score (nSPS) is 17.1. The second kappa shape index (κ2) is 7.09. The molecule has 22 heavy (non-hydrogen) atoms. The van der Waals surface area contributed by atoms with Crippen LogP contribution in [0.2, 0.25) is 0 Å². The van der Waals surface area contributed by atoms with Crippen molar-refractivity contribution in [1.29, 1.82) is 0 Å². The topological polar surface area (TPSA) is 45.8 Å². The van der Waals surface area contributed by atoms with Crippen LogP contribution in [0.5, 0.6) is 0 Å². The number of aliphatic hydroxyl groups excluding tert-OH is 1. The van der Waals surface area contributed by atoms with Gasteiger partial charge in [-0.15, -0.1) is 0 Å². The van der Waals surface area contributed by atoms with Gasteiger partial charge >= 0.3 is 0 Å². The van der Waals surface area contributed by atoms with E-state index in [0.29, 0.717) is 25.7 Å². The SMILES string of the molecule is COCc1ccc(CN(CCO)C2CCc3ccccc32)o1. The number of furan rings is 1. The van der Waals surface area contributed by atoms with Crippen LogP contribution < -0.4 is 0 Å². The summed E-state index contributed by atoms with van der Waals surface area (Å²) in [6.45, 7) is 2.01. The van der Waals surface area contributed by atoms with Crippen LogP contribution in [0.4, 0.5) is 0 Å². The summed E-state index contributed by atoms with van der Waals surface area (Å²) in [6, 6.07) is 12.9. The van der Waals surface area contributed by atoms with Crippen molar-refractivity contribution >= 4 is 0 Å². The van der Waals surface area contributed by atoms with E-state index in [1.165, 1.54) is 11.1 Å². The Kier molecular flexibility index (Phi) is 4.93. The number of fused-ring (bicyclic) bond motifs is 1. The summed E-state index contributed by atoms with van der Waals surface area (Å²) in [4.78, 5) is 2.31. The third-order valence-corrected chi connectivity index (χ3v) is 4.29. The molecule has 4 heteroatoms. The molecule has 4 nitrogen and oxygen atoms in total. The molecule has 0 saturated heterocycles. The smallest absolute Gasteiger partial charge is 0.129 e. The average Bonchev–Trinajstić information content (AvgIpc) is 3.14. The summed E-state index contributed by atoms with van der Waals surface area (Å²) >= 11 is 0. The number of hydrogen-bond acceptors (Lipinski definition) is 4. The Morgan fingerprint density at radius 3 is 2.86 bits per heavy atom. The number of methoxy groups -OCH3 is 1. The predicted octanol–water partition coefficient (Wildman–Crippen LogP) is 2.91. The van der Waals surface area contributed by atoms with E-state index in [-0.39, 0.29) is 6.61 Å². The highest BCUT2D eigenvalue weighted by molar-refractivity contribution is 5.34. The van der Waals surface area contributed by atoms with Crippen molar-refractivity contribution in [1.82, 2.24) is 4.90 Å². The fourth-order valence-electron chi connectivity index (χ4n) is 3.31. The molecular formula is C18H23NO3. The zero-order chi connectivity index (χ0) is 15.4. The largest absolute Gasteiger partial charge is 0.462 e. The van der Waals surface area contributed by atoms with Gasteiger partial charge in [-0.1, -0.05) is 24.3 Å². The van der Waals surface area contributed by atoms with Crippen molar-refractivity contribution in [3.8, 4) is 0 Å². The lowest BCUT2D eigenvalue weighted by Gasteiger charge is -2.28. The summed E-state index contributed by atoms with van der Waals surface area (Å²) in [5.74, 6) is 1.76.